The van der Waals surface area contributed by atoms with Gasteiger partial charge in [-0.25, -0.2) is 0 Å². The van der Waals surface area contributed by atoms with Gasteiger partial charge in [0.15, 0.2) is 0 Å². The number of hydrogen-bond donors (Lipinski definition) is 0. The Morgan fingerprint density at radius 3 is 2.74 bits per heavy atom. The normalized spacial score (nSPS) is 23.1. The van der Waals surface area contributed by atoms with Crippen molar-refractivity contribution in [1.82, 2.24) is 4.90 Å². The summed E-state index contributed by atoms with van der Waals surface area (Å²) in [5.74, 6) is -0.0685. The highest BCUT2D eigenvalue weighted by Crippen LogP contribution is 2.30. The molecule has 1 amide bonds. The van der Waals surface area contributed by atoms with Gasteiger partial charge >= 0.3 is 5.97 Å². The molecular weight excluding hydrogens is 246 g/mol. The van der Waals surface area contributed by atoms with Gasteiger partial charge in [-0.2, -0.15) is 0 Å². The molecule has 0 bridgehead atoms. The number of aldehydes is 1. The molecule has 106 valence electrons. The number of amides is 1. The fourth-order valence-corrected chi connectivity index (χ4v) is 2.56. The minimum absolute atomic E-state index is 0.0437. The molecule has 5 heteroatoms. The molecule has 19 heavy (non-hydrogen) atoms. The van der Waals surface area contributed by atoms with Crippen molar-refractivity contribution >= 4 is 18.2 Å². The highest BCUT2D eigenvalue weighted by Gasteiger charge is 2.28. The summed E-state index contributed by atoms with van der Waals surface area (Å²) in [6.45, 7) is 0.607. The fourth-order valence-electron chi connectivity index (χ4n) is 2.56. The summed E-state index contributed by atoms with van der Waals surface area (Å²) in [5, 5.41) is 0. The van der Waals surface area contributed by atoms with Crippen LogP contribution in [0, 0.1) is 11.8 Å². The molecule has 5 nitrogen and oxygen atoms in total. The Labute approximate surface area is 113 Å². The summed E-state index contributed by atoms with van der Waals surface area (Å²) in [6, 6.07) is 0. The summed E-state index contributed by atoms with van der Waals surface area (Å²) in [6.07, 6.45) is 6.66. The maximum Gasteiger partial charge on any atom is 0.308 e. The molecule has 0 aromatic rings. The van der Waals surface area contributed by atoms with E-state index in [2.05, 4.69) is 0 Å². The molecular formula is C14H21NO4. The van der Waals surface area contributed by atoms with Crippen LogP contribution in [0.15, 0.2) is 12.2 Å². The van der Waals surface area contributed by atoms with Gasteiger partial charge in [-0.05, 0) is 31.3 Å². The van der Waals surface area contributed by atoms with E-state index in [1.807, 2.05) is 0 Å². The summed E-state index contributed by atoms with van der Waals surface area (Å²) in [7, 11) is 3.12. The number of methoxy groups -OCH3 is 1. The van der Waals surface area contributed by atoms with Gasteiger partial charge in [0.05, 0.1) is 13.0 Å². The first kappa shape index (κ1) is 15.4. The predicted octanol–water partition coefficient (Wildman–Crippen LogP) is 1.18. The Balaban J connectivity index is 2.47. The van der Waals surface area contributed by atoms with E-state index in [4.69, 9.17) is 4.74 Å². The predicted molar refractivity (Wildman–Crippen MR) is 70.3 cm³/mol. The Kier molecular flexibility index (Phi) is 6.25. The first-order valence-corrected chi connectivity index (χ1v) is 6.53. The third-order valence-corrected chi connectivity index (χ3v) is 3.54. The molecule has 0 N–H and O–H groups in total. The van der Waals surface area contributed by atoms with Crippen LogP contribution >= 0.6 is 0 Å². The lowest BCUT2D eigenvalue weighted by atomic mass is 9.81. The largest absolute Gasteiger partial charge is 0.469 e. The monoisotopic (exact) mass is 267 g/mol. The zero-order chi connectivity index (χ0) is 14.3. The lowest BCUT2D eigenvalue weighted by Gasteiger charge is -2.30. The number of rotatable bonds is 5. The summed E-state index contributed by atoms with van der Waals surface area (Å²) < 4.78 is 4.77. The summed E-state index contributed by atoms with van der Waals surface area (Å²) in [4.78, 5) is 34.9. The topological polar surface area (TPSA) is 63.7 Å². The van der Waals surface area contributed by atoms with Crippen LogP contribution in [0.3, 0.4) is 0 Å². The summed E-state index contributed by atoms with van der Waals surface area (Å²) >= 11 is 0. The number of carbonyl (C=O) groups excluding carboxylic acids is 3. The number of esters is 1. The molecule has 0 spiro atoms. The average molecular weight is 267 g/mol. The number of hydrogen-bond acceptors (Lipinski definition) is 4. The van der Waals surface area contributed by atoms with Gasteiger partial charge in [-0.1, -0.05) is 6.42 Å². The Hall–Kier alpha value is -1.65. The highest BCUT2D eigenvalue weighted by molar-refractivity contribution is 5.90. The zero-order valence-electron chi connectivity index (χ0n) is 11.5. The maximum absolute atomic E-state index is 11.6. The molecule has 1 saturated carbocycles. The zero-order valence-corrected chi connectivity index (χ0v) is 11.5. The van der Waals surface area contributed by atoms with E-state index in [1.54, 1.807) is 11.9 Å². The Bertz CT molecular complexity index is 364. The molecule has 2 unspecified atom stereocenters. The van der Waals surface area contributed by atoms with Crippen molar-refractivity contribution in [2.45, 2.75) is 25.7 Å². The Morgan fingerprint density at radius 2 is 2.11 bits per heavy atom. The van der Waals surface area contributed by atoms with Gasteiger partial charge in [0.25, 0.3) is 0 Å². The minimum atomic E-state index is -0.188. The quantitative estimate of drug-likeness (QED) is 0.426. The van der Waals surface area contributed by atoms with Gasteiger partial charge in [-0.15, -0.1) is 0 Å². The van der Waals surface area contributed by atoms with Gasteiger partial charge in [0.2, 0.25) is 5.91 Å². The number of ether oxygens (including phenoxy) is 1. The van der Waals surface area contributed by atoms with Crippen LogP contribution in [0.5, 0.6) is 0 Å². The second-order valence-electron chi connectivity index (χ2n) is 4.97. The second kappa shape index (κ2) is 7.71. The molecule has 1 aliphatic rings. The van der Waals surface area contributed by atoms with Crippen molar-refractivity contribution in [3.8, 4) is 0 Å². The van der Waals surface area contributed by atoms with Crippen LogP contribution in [0.25, 0.3) is 0 Å². The van der Waals surface area contributed by atoms with Crippen LogP contribution < -0.4 is 0 Å². The average Bonchev–Trinajstić information content (AvgIpc) is 2.44. The van der Waals surface area contributed by atoms with E-state index in [1.165, 1.54) is 19.3 Å². The molecule has 0 aromatic heterocycles. The number of nitrogens with zero attached hydrogens (tertiary/aromatic N) is 1. The second-order valence-corrected chi connectivity index (χ2v) is 4.97. The molecule has 0 aliphatic heterocycles. The molecule has 0 heterocycles. The van der Waals surface area contributed by atoms with E-state index in [0.717, 1.165) is 25.7 Å². The summed E-state index contributed by atoms with van der Waals surface area (Å²) in [5.41, 5.74) is 0. The van der Waals surface area contributed by atoms with Gasteiger partial charge in [0.1, 0.15) is 6.29 Å². The van der Waals surface area contributed by atoms with Crippen molar-refractivity contribution in [2.24, 2.45) is 11.8 Å². The molecule has 2 atom stereocenters. The van der Waals surface area contributed by atoms with Crippen LogP contribution in [-0.2, 0) is 19.1 Å². The third-order valence-electron chi connectivity index (χ3n) is 3.54. The molecule has 0 saturated heterocycles. The van der Waals surface area contributed by atoms with Crippen molar-refractivity contribution in [2.75, 3.05) is 20.7 Å². The van der Waals surface area contributed by atoms with Crippen molar-refractivity contribution in [1.29, 1.82) is 0 Å². The van der Waals surface area contributed by atoms with E-state index in [9.17, 15) is 14.4 Å². The molecule has 0 radical (unpaired) electrons. The van der Waals surface area contributed by atoms with Crippen molar-refractivity contribution in [3.05, 3.63) is 12.2 Å². The first-order chi connectivity index (χ1) is 9.08. The SMILES string of the molecule is COC(=O)C1CCCC(CN(C)C(=O)/C=C\C=O)C1. The maximum atomic E-state index is 11.6. The van der Waals surface area contributed by atoms with E-state index >= 15 is 0 Å². The third kappa shape index (κ3) is 4.85. The van der Waals surface area contributed by atoms with Gasteiger partial charge in [0, 0.05) is 19.7 Å². The van der Waals surface area contributed by atoms with Crippen LogP contribution in [-0.4, -0.2) is 43.8 Å². The number of carbonyl (C=O) groups is 3. The standard InChI is InChI=1S/C14H21NO4/c1-15(13(17)7-4-8-16)10-11-5-3-6-12(9-11)14(18)19-2/h4,7-8,11-12H,3,5-6,9-10H2,1-2H3/b7-4-. The minimum Gasteiger partial charge on any atom is -0.469 e. The lowest BCUT2D eigenvalue weighted by molar-refractivity contribution is -0.147. The van der Waals surface area contributed by atoms with E-state index in [-0.39, 0.29) is 17.8 Å². The number of likely N-dealkylation sites (N-methyl/N-ethyl adjacent to an activating group) is 1. The molecule has 1 fully saturated rings. The Morgan fingerprint density at radius 1 is 1.37 bits per heavy atom. The van der Waals surface area contributed by atoms with Crippen LogP contribution in [0.1, 0.15) is 25.7 Å². The van der Waals surface area contributed by atoms with Crippen LogP contribution in [0.4, 0.5) is 0 Å². The molecule has 1 aliphatic carbocycles. The fraction of sp³-hybridized carbons (Fsp3) is 0.643. The van der Waals surface area contributed by atoms with Crippen LogP contribution in [0.2, 0.25) is 0 Å². The van der Waals surface area contributed by atoms with Gasteiger partial charge in [-0.3, -0.25) is 14.4 Å². The van der Waals surface area contributed by atoms with Gasteiger partial charge < -0.3 is 9.64 Å². The van der Waals surface area contributed by atoms with Crippen molar-refractivity contribution in [3.63, 3.8) is 0 Å². The van der Waals surface area contributed by atoms with E-state index in [0.29, 0.717) is 18.7 Å². The highest BCUT2D eigenvalue weighted by atomic mass is 16.5. The molecule has 0 aromatic carbocycles. The van der Waals surface area contributed by atoms with E-state index < -0.39 is 0 Å². The lowest BCUT2D eigenvalue weighted by Crippen LogP contribution is -2.34. The smallest absolute Gasteiger partial charge is 0.308 e. The molecule has 1 rings (SSSR count). The number of allylic oxidation sites excluding steroid dienone is 1. The first-order valence-electron chi connectivity index (χ1n) is 6.53. The van der Waals surface area contributed by atoms with Crippen molar-refractivity contribution < 1.29 is 19.1 Å².